The largest absolute Gasteiger partial charge is 0.391 e. The Morgan fingerprint density at radius 3 is 2.25 bits per heavy atom. The van der Waals surface area contributed by atoms with Gasteiger partial charge in [-0.15, -0.1) is 0 Å². The van der Waals surface area contributed by atoms with Crippen molar-refractivity contribution in [2.45, 2.75) is 58.1 Å². The summed E-state index contributed by atoms with van der Waals surface area (Å²) in [7, 11) is 0. The number of hydrogen-bond donors (Lipinski definition) is 1. The highest BCUT2D eigenvalue weighted by Gasteiger charge is 2.32. The topological polar surface area (TPSA) is 47.0 Å². The molecule has 1 aliphatic carbocycles. The third-order valence-electron chi connectivity index (χ3n) is 6.15. The zero-order valence-electron chi connectivity index (χ0n) is 15.5. The van der Waals surface area contributed by atoms with Gasteiger partial charge >= 0.3 is 0 Å². The molecular weight excluding hydrogens is 302 g/mol. The van der Waals surface area contributed by atoms with Crippen molar-refractivity contribution in [1.29, 1.82) is 0 Å². The fourth-order valence-corrected chi connectivity index (χ4v) is 4.93. The number of rotatable bonds is 3. The summed E-state index contributed by atoms with van der Waals surface area (Å²) in [6.45, 7) is 10.8. The molecule has 0 spiro atoms. The number of carbonyl (C=O) groups excluding carboxylic acids is 1. The van der Waals surface area contributed by atoms with Crippen molar-refractivity contribution in [3.05, 3.63) is 0 Å². The highest BCUT2D eigenvalue weighted by atomic mass is 16.3. The zero-order chi connectivity index (χ0) is 17.1. The standard InChI is InChI=1S/C19H35N3O2/c1-15-11-16(2)13-22(12-15)19(24)14-20-7-9-21(10-8-20)17-5-3-4-6-18(17)23/h15-18,23H,3-14H2,1-2H3. The Labute approximate surface area is 147 Å². The van der Waals surface area contributed by atoms with E-state index in [0.717, 1.165) is 52.1 Å². The predicted molar refractivity (Wildman–Crippen MR) is 95.8 cm³/mol. The van der Waals surface area contributed by atoms with E-state index in [1.165, 1.54) is 19.3 Å². The van der Waals surface area contributed by atoms with Crippen LogP contribution in [0.25, 0.3) is 0 Å². The fourth-order valence-electron chi connectivity index (χ4n) is 4.93. The first-order valence-electron chi connectivity index (χ1n) is 9.95. The van der Waals surface area contributed by atoms with Crippen LogP contribution in [0.15, 0.2) is 0 Å². The number of aliphatic hydroxyl groups excluding tert-OH is 1. The van der Waals surface area contributed by atoms with E-state index in [1.54, 1.807) is 0 Å². The van der Waals surface area contributed by atoms with Gasteiger partial charge in [0.05, 0.1) is 12.6 Å². The van der Waals surface area contributed by atoms with Crippen LogP contribution in [0.1, 0.15) is 46.0 Å². The number of nitrogens with zero attached hydrogens (tertiary/aromatic N) is 3. The second kappa shape index (κ2) is 8.15. The van der Waals surface area contributed by atoms with E-state index >= 15 is 0 Å². The number of likely N-dealkylation sites (tertiary alicyclic amines) is 1. The zero-order valence-corrected chi connectivity index (χ0v) is 15.5. The first-order valence-corrected chi connectivity index (χ1v) is 9.95. The molecule has 4 atom stereocenters. The van der Waals surface area contributed by atoms with Gasteiger partial charge in [0.15, 0.2) is 0 Å². The lowest BCUT2D eigenvalue weighted by molar-refractivity contribution is -0.135. The van der Waals surface area contributed by atoms with E-state index in [4.69, 9.17) is 0 Å². The molecule has 24 heavy (non-hydrogen) atoms. The maximum absolute atomic E-state index is 12.6. The molecule has 0 radical (unpaired) electrons. The molecule has 1 saturated carbocycles. The number of piperidine rings is 1. The van der Waals surface area contributed by atoms with Gasteiger partial charge in [-0.3, -0.25) is 14.6 Å². The summed E-state index contributed by atoms with van der Waals surface area (Å²) in [5.41, 5.74) is 0. The molecule has 0 aromatic carbocycles. The number of aliphatic hydroxyl groups is 1. The van der Waals surface area contributed by atoms with Crippen LogP contribution < -0.4 is 0 Å². The third-order valence-corrected chi connectivity index (χ3v) is 6.15. The monoisotopic (exact) mass is 337 g/mol. The molecule has 2 aliphatic heterocycles. The first kappa shape index (κ1) is 18.2. The van der Waals surface area contributed by atoms with Crippen molar-refractivity contribution < 1.29 is 9.90 Å². The molecule has 2 saturated heterocycles. The maximum atomic E-state index is 12.6. The van der Waals surface area contributed by atoms with Gasteiger partial charge in [0, 0.05) is 45.3 Å². The minimum Gasteiger partial charge on any atom is -0.391 e. The van der Waals surface area contributed by atoms with Gasteiger partial charge in [-0.1, -0.05) is 26.7 Å². The first-order chi connectivity index (χ1) is 11.5. The van der Waals surface area contributed by atoms with Crippen molar-refractivity contribution in [1.82, 2.24) is 14.7 Å². The van der Waals surface area contributed by atoms with E-state index in [-0.39, 0.29) is 6.10 Å². The van der Waals surface area contributed by atoms with Crippen LogP contribution in [0.2, 0.25) is 0 Å². The van der Waals surface area contributed by atoms with Gasteiger partial charge in [-0.2, -0.15) is 0 Å². The Hall–Kier alpha value is -0.650. The molecule has 0 aromatic heterocycles. The summed E-state index contributed by atoms with van der Waals surface area (Å²) in [6, 6.07) is 0.348. The highest BCUT2D eigenvalue weighted by Crippen LogP contribution is 2.24. The lowest BCUT2D eigenvalue weighted by Crippen LogP contribution is -2.56. The van der Waals surface area contributed by atoms with Crippen molar-refractivity contribution in [3.8, 4) is 0 Å². The van der Waals surface area contributed by atoms with Crippen molar-refractivity contribution in [3.63, 3.8) is 0 Å². The number of piperazine rings is 1. The van der Waals surface area contributed by atoms with E-state index in [1.807, 2.05) is 0 Å². The summed E-state index contributed by atoms with van der Waals surface area (Å²) in [4.78, 5) is 19.5. The van der Waals surface area contributed by atoms with Crippen LogP contribution in [0, 0.1) is 11.8 Å². The van der Waals surface area contributed by atoms with Crippen LogP contribution in [-0.2, 0) is 4.79 Å². The lowest BCUT2D eigenvalue weighted by Gasteiger charge is -2.43. The predicted octanol–water partition coefficient (Wildman–Crippen LogP) is 1.41. The summed E-state index contributed by atoms with van der Waals surface area (Å²) in [5.74, 6) is 1.56. The van der Waals surface area contributed by atoms with Crippen LogP contribution in [0.4, 0.5) is 0 Å². The molecule has 5 nitrogen and oxygen atoms in total. The molecule has 3 rings (SSSR count). The van der Waals surface area contributed by atoms with E-state index < -0.39 is 0 Å². The molecule has 3 fully saturated rings. The van der Waals surface area contributed by atoms with Gasteiger partial charge in [0.25, 0.3) is 0 Å². The summed E-state index contributed by atoms with van der Waals surface area (Å²) < 4.78 is 0. The minimum atomic E-state index is -0.150. The number of hydrogen-bond acceptors (Lipinski definition) is 4. The van der Waals surface area contributed by atoms with Crippen LogP contribution in [0.3, 0.4) is 0 Å². The van der Waals surface area contributed by atoms with Gasteiger partial charge < -0.3 is 10.0 Å². The Bertz CT molecular complexity index is 413. The second-order valence-corrected chi connectivity index (χ2v) is 8.48. The Balaban J connectivity index is 1.44. The summed E-state index contributed by atoms with van der Waals surface area (Å²) in [5, 5.41) is 10.2. The maximum Gasteiger partial charge on any atom is 0.236 e. The minimum absolute atomic E-state index is 0.150. The molecule has 0 aromatic rings. The smallest absolute Gasteiger partial charge is 0.236 e. The SMILES string of the molecule is CC1CC(C)CN(C(=O)CN2CCN(C3CCCCC3O)CC2)C1. The number of amides is 1. The van der Waals surface area contributed by atoms with Crippen molar-refractivity contribution in [2.75, 3.05) is 45.8 Å². The second-order valence-electron chi connectivity index (χ2n) is 8.48. The fraction of sp³-hybridized carbons (Fsp3) is 0.947. The third kappa shape index (κ3) is 4.50. The van der Waals surface area contributed by atoms with E-state index in [9.17, 15) is 9.90 Å². The highest BCUT2D eigenvalue weighted by molar-refractivity contribution is 5.78. The lowest BCUT2D eigenvalue weighted by atomic mass is 9.91. The van der Waals surface area contributed by atoms with Crippen molar-refractivity contribution in [2.24, 2.45) is 11.8 Å². The summed E-state index contributed by atoms with van der Waals surface area (Å²) >= 11 is 0. The molecular formula is C19H35N3O2. The Morgan fingerprint density at radius 2 is 1.62 bits per heavy atom. The molecule has 1 N–H and O–H groups in total. The van der Waals surface area contributed by atoms with E-state index in [2.05, 4.69) is 28.5 Å². The van der Waals surface area contributed by atoms with Crippen molar-refractivity contribution >= 4 is 5.91 Å². The molecule has 5 heteroatoms. The van der Waals surface area contributed by atoms with Gasteiger partial charge in [-0.25, -0.2) is 0 Å². The van der Waals surface area contributed by atoms with Gasteiger partial charge in [0.1, 0.15) is 0 Å². The molecule has 0 bridgehead atoms. The average molecular weight is 338 g/mol. The Morgan fingerprint density at radius 1 is 1.00 bits per heavy atom. The molecule has 1 amide bonds. The van der Waals surface area contributed by atoms with Gasteiger partial charge in [-0.05, 0) is 31.1 Å². The average Bonchev–Trinajstić information content (AvgIpc) is 2.55. The summed E-state index contributed by atoms with van der Waals surface area (Å²) in [6.07, 6.45) is 5.58. The molecule has 4 unspecified atom stereocenters. The quantitative estimate of drug-likeness (QED) is 0.846. The van der Waals surface area contributed by atoms with Crippen LogP contribution in [-0.4, -0.2) is 83.7 Å². The number of carbonyl (C=O) groups is 1. The van der Waals surface area contributed by atoms with Crippen LogP contribution in [0.5, 0.6) is 0 Å². The normalized spacial score (nSPS) is 36.7. The molecule has 138 valence electrons. The van der Waals surface area contributed by atoms with Gasteiger partial charge in [0.2, 0.25) is 5.91 Å². The van der Waals surface area contributed by atoms with E-state index in [0.29, 0.717) is 30.3 Å². The van der Waals surface area contributed by atoms with Crippen LogP contribution >= 0.6 is 0 Å². The Kier molecular flexibility index (Phi) is 6.17. The molecule has 2 heterocycles. The molecule has 3 aliphatic rings.